The summed E-state index contributed by atoms with van der Waals surface area (Å²) in [6, 6.07) is 2.11. The largest absolute Gasteiger partial charge is 0.479 e. The van der Waals surface area contributed by atoms with Gasteiger partial charge in [-0.3, -0.25) is 14.4 Å². The van der Waals surface area contributed by atoms with E-state index in [4.69, 9.17) is 9.47 Å². The molecule has 0 amide bonds. The Hall–Kier alpha value is -2.33. The first kappa shape index (κ1) is 21.9. The number of benzene rings is 1. The van der Waals surface area contributed by atoms with E-state index in [-0.39, 0.29) is 47.1 Å². The molecule has 1 aromatic heterocycles. The zero-order chi connectivity index (χ0) is 22.6. The van der Waals surface area contributed by atoms with E-state index >= 15 is 0 Å². The summed E-state index contributed by atoms with van der Waals surface area (Å²) in [4.78, 5) is 13.5. The molecular weight excluding hydrogens is 415 g/mol. The molecule has 2 heterocycles. The minimum Gasteiger partial charge on any atom is -0.479 e. The molecule has 1 saturated carbocycles. The summed E-state index contributed by atoms with van der Waals surface area (Å²) in [5.74, 6) is 0.313. The number of ether oxygens (including phenoxy) is 2. The fraction of sp³-hybridized carbons (Fsp3) is 0.619. The van der Waals surface area contributed by atoms with Crippen LogP contribution in [0.3, 0.4) is 0 Å². The topological polar surface area (TPSA) is 76.8 Å². The first-order chi connectivity index (χ1) is 14.5. The molecule has 1 aromatic carbocycles. The van der Waals surface area contributed by atoms with Gasteiger partial charge in [-0.05, 0) is 38.8 Å². The Morgan fingerprint density at radius 2 is 2.03 bits per heavy atom. The van der Waals surface area contributed by atoms with Crippen LogP contribution in [0.4, 0.5) is 13.2 Å². The summed E-state index contributed by atoms with van der Waals surface area (Å²) in [6.07, 6.45) is -3.19. The van der Waals surface area contributed by atoms with E-state index in [1.54, 1.807) is 6.92 Å². The third-order valence-corrected chi connectivity index (χ3v) is 6.16. The molecule has 10 heteroatoms. The van der Waals surface area contributed by atoms with E-state index < -0.39 is 17.3 Å². The first-order valence-corrected chi connectivity index (χ1v) is 10.3. The highest BCUT2D eigenvalue weighted by Gasteiger charge is 2.43. The molecule has 31 heavy (non-hydrogen) atoms. The second kappa shape index (κ2) is 7.67. The maximum absolute atomic E-state index is 14.0. The van der Waals surface area contributed by atoms with Gasteiger partial charge in [0.1, 0.15) is 18.3 Å². The van der Waals surface area contributed by atoms with E-state index in [0.29, 0.717) is 32.2 Å². The monoisotopic (exact) mass is 441 g/mol. The average molecular weight is 441 g/mol. The van der Waals surface area contributed by atoms with Crippen LogP contribution in [-0.2, 0) is 11.0 Å². The number of halogens is 3. The Labute approximate surface area is 177 Å². The quantitative estimate of drug-likeness (QED) is 0.765. The molecule has 0 radical (unpaired) electrons. The lowest BCUT2D eigenvalue weighted by molar-refractivity contribution is -0.137. The van der Waals surface area contributed by atoms with Gasteiger partial charge in [0.2, 0.25) is 5.88 Å². The molecule has 1 unspecified atom stereocenters. The molecule has 2 aromatic rings. The zero-order valence-corrected chi connectivity index (χ0v) is 17.7. The van der Waals surface area contributed by atoms with Crippen molar-refractivity contribution in [2.24, 2.45) is 0 Å². The SMILES string of the molecule is COc1nn(C2CC(C)(O)C2)c2c(C(F)(F)F)cc(OCN3CCC(=O)CC3C)cc12. The number of likely N-dealkylation sites (tertiary alicyclic amines) is 1. The average Bonchev–Trinajstić information content (AvgIpc) is 3.02. The van der Waals surface area contributed by atoms with Crippen LogP contribution in [0, 0.1) is 0 Å². The van der Waals surface area contributed by atoms with Crippen LogP contribution in [0.1, 0.15) is 51.1 Å². The van der Waals surface area contributed by atoms with Crippen LogP contribution in [0.25, 0.3) is 10.9 Å². The normalized spacial score (nSPS) is 27.4. The number of carbonyl (C=O) groups is 1. The number of methoxy groups -OCH3 is 1. The maximum atomic E-state index is 14.0. The lowest BCUT2D eigenvalue weighted by Crippen LogP contribution is -2.43. The molecule has 2 aliphatic rings. The second-order valence-electron chi connectivity index (χ2n) is 8.81. The van der Waals surface area contributed by atoms with Gasteiger partial charge in [0.05, 0.1) is 35.2 Å². The molecule has 4 rings (SSSR count). The highest BCUT2D eigenvalue weighted by Crippen LogP contribution is 2.46. The molecule has 1 saturated heterocycles. The number of Topliss-reactive ketones (excluding diaryl/α,β-unsaturated/α-hetero) is 1. The molecule has 170 valence electrons. The number of rotatable bonds is 5. The van der Waals surface area contributed by atoms with Crippen molar-refractivity contribution in [2.45, 2.75) is 63.4 Å². The van der Waals surface area contributed by atoms with Gasteiger partial charge < -0.3 is 14.6 Å². The second-order valence-corrected chi connectivity index (χ2v) is 8.81. The van der Waals surface area contributed by atoms with Crippen molar-refractivity contribution in [3.63, 3.8) is 0 Å². The fourth-order valence-corrected chi connectivity index (χ4v) is 4.46. The molecule has 0 bridgehead atoms. The highest BCUT2D eigenvalue weighted by atomic mass is 19.4. The van der Waals surface area contributed by atoms with Gasteiger partial charge in [0.15, 0.2) is 0 Å². The summed E-state index contributed by atoms with van der Waals surface area (Å²) in [7, 11) is 1.36. The van der Waals surface area contributed by atoms with Crippen molar-refractivity contribution in [1.82, 2.24) is 14.7 Å². The van der Waals surface area contributed by atoms with Crippen molar-refractivity contribution in [2.75, 3.05) is 20.4 Å². The smallest absolute Gasteiger partial charge is 0.418 e. The summed E-state index contributed by atoms with van der Waals surface area (Å²) in [5.41, 5.74) is -1.84. The van der Waals surface area contributed by atoms with Gasteiger partial charge in [-0.25, -0.2) is 0 Å². The van der Waals surface area contributed by atoms with Crippen molar-refractivity contribution < 1.29 is 32.5 Å². The Balaban J connectivity index is 1.69. The number of aromatic nitrogens is 2. The minimum absolute atomic E-state index is 0.0317. The lowest BCUT2D eigenvalue weighted by atomic mass is 9.77. The van der Waals surface area contributed by atoms with Gasteiger partial charge in [0.25, 0.3) is 0 Å². The zero-order valence-electron chi connectivity index (χ0n) is 17.7. The van der Waals surface area contributed by atoms with Crippen molar-refractivity contribution in [3.05, 3.63) is 17.7 Å². The van der Waals surface area contributed by atoms with E-state index in [2.05, 4.69) is 5.10 Å². The predicted molar refractivity (Wildman–Crippen MR) is 106 cm³/mol. The van der Waals surface area contributed by atoms with Crippen molar-refractivity contribution in [1.29, 1.82) is 0 Å². The molecule has 1 aliphatic carbocycles. The molecule has 1 aliphatic heterocycles. The van der Waals surface area contributed by atoms with Crippen molar-refractivity contribution >= 4 is 16.7 Å². The Bertz CT molecular complexity index is 994. The number of aliphatic hydroxyl groups is 1. The number of ketones is 1. The number of hydrogen-bond acceptors (Lipinski definition) is 6. The minimum atomic E-state index is -4.63. The summed E-state index contributed by atoms with van der Waals surface area (Å²) >= 11 is 0. The number of alkyl halides is 3. The summed E-state index contributed by atoms with van der Waals surface area (Å²) in [5, 5.41) is 14.5. The van der Waals surface area contributed by atoms with Crippen LogP contribution in [-0.4, -0.2) is 57.6 Å². The van der Waals surface area contributed by atoms with Gasteiger partial charge >= 0.3 is 6.18 Å². The third-order valence-electron chi connectivity index (χ3n) is 6.16. The summed E-state index contributed by atoms with van der Waals surface area (Å²) < 4.78 is 54.3. The number of fused-ring (bicyclic) bond motifs is 1. The van der Waals surface area contributed by atoms with Crippen LogP contribution < -0.4 is 9.47 Å². The van der Waals surface area contributed by atoms with Crippen LogP contribution in [0.15, 0.2) is 12.1 Å². The van der Waals surface area contributed by atoms with E-state index in [0.717, 1.165) is 6.07 Å². The maximum Gasteiger partial charge on any atom is 0.418 e. The highest BCUT2D eigenvalue weighted by molar-refractivity contribution is 5.89. The van der Waals surface area contributed by atoms with E-state index in [1.807, 2.05) is 11.8 Å². The standard InChI is InChI=1S/C21H26F3N3O4/c1-12-6-14(28)4-5-26(12)11-31-15-7-16-18(17(8-15)21(22,23)24)27(25-19(16)30-3)13-9-20(2,29)10-13/h7-8,12-13,29H,4-6,9-11H2,1-3H3. The summed E-state index contributed by atoms with van der Waals surface area (Å²) in [6.45, 7) is 4.14. The number of nitrogens with zero attached hydrogens (tertiary/aromatic N) is 3. The Kier molecular flexibility index (Phi) is 5.41. The molecule has 0 spiro atoms. The number of hydrogen-bond donors (Lipinski definition) is 1. The first-order valence-electron chi connectivity index (χ1n) is 10.3. The Morgan fingerprint density at radius 3 is 2.61 bits per heavy atom. The number of carbonyl (C=O) groups excluding carboxylic acids is 1. The predicted octanol–water partition coefficient (Wildman–Crippen LogP) is 3.54. The van der Waals surface area contributed by atoms with Gasteiger partial charge in [-0.15, -0.1) is 5.10 Å². The number of piperidine rings is 1. The van der Waals surface area contributed by atoms with Gasteiger partial charge in [-0.1, -0.05) is 0 Å². The van der Waals surface area contributed by atoms with Gasteiger partial charge in [0, 0.05) is 25.4 Å². The van der Waals surface area contributed by atoms with Gasteiger partial charge in [-0.2, -0.15) is 13.2 Å². The van der Waals surface area contributed by atoms with E-state index in [9.17, 15) is 23.1 Å². The molecular formula is C21H26F3N3O4. The third kappa shape index (κ3) is 4.23. The van der Waals surface area contributed by atoms with Crippen LogP contribution in [0.2, 0.25) is 0 Å². The van der Waals surface area contributed by atoms with Crippen LogP contribution in [0.5, 0.6) is 11.6 Å². The fourth-order valence-electron chi connectivity index (χ4n) is 4.46. The molecule has 1 atom stereocenters. The van der Waals surface area contributed by atoms with Crippen molar-refractivity contribution in [3.8, 4) is 11.6 Å². The Morgan fingerprint density at radius 1 is 1.32 bits per heavy atom. The molecule has 1 N–H and O–H groups in total. The molecule has 7 nitrogen and oxygen atoms in total. The van der Waals surface area contributed by atoms with Crippen LogP contribution >= 0.6 is 0 Å². The molecule has 2 fully saturated rings. The lowest BCUT2D eigenvalue weighted by Gasteiger charge is -2.41. The van der Waals surface area contributed by atoms with E-state index in [1.165, 1.54) is 17.9 Å².